The first-order valence-corrected chi connectivity index (χ1v) is 26.1. The molecule has 0 aromatic rings. The fourth-order valence-electron chi connectivity index (χ4n) is 8.20. The third-order valence-electron chi connectivity index (χ3n) is 12.4. The van der Waals surface area contributed by atoms with E-state index < -0.39 is 65.1 Å². The molecule has 0 unspecified atom stereocenters. The molecule has 0 aliphatic carbocycles. The van der Waals surface area contributed by atoms with Gasteiger partial charge in [-0.15, -0.1) is 0 Å². The molecule has 386 valence electrons. The van der Waals surface area contributed by atoms with E-state index in [4.69, 9.17) is 5.11 Å². The number of carbonyl (C=O) groups excluding carboxylic acids is 2. The fraction of sp³-hybridized carbons (Fsp3) is 0.956. The van der Waals surface area contributed by atoms with Crippen molar-refractivity contribution in [1.82, 2.24) is 30.7 Å². The number of nitrogens with zero attached hydrogens (tertiary/aromatic N) is 2. The first kappa shape index (κ1) is 64.7. The van der Waals surface area contributed by atoms with Crippen LogP contribution in [0.5, 0.6) is 0 Å². The van der Waals surface area contributed by atoms with Crippen LogP contribution in [0.25, 0.3) is 0 Å². The predicted octanol–water partition coefficient (Wildman–Crippen LogP) is 2.25. The van der Waals surface area contributed by atoms with Gasteiger partial charge in [-0.3, -0.25) is 9.59 Å². The Bertz CT molecular complexity index is 1100. The molecule has 0 rings (SSSR count). The highest BCUT2D eigenvalue weighted by atomic mass is 16.4. The third kappa shape index (κ3) is 37.6. The number of hydrogen-bond acceptors (Lipinski definition) is 15. The predicted molar refractivity (Wildman–Crippen MR) is 271 cm³/mol. The minimum absolute atomic E-state index is 0.146. The molecule has 21 heteroatoms. The monoisotopic (exact) mass is 943 g/mol. The van der Waals surface area contributed by atoms with Crippen molar-refractivity contribution in [1.29, 1.82) is 0 Å². The highest BCUT2D eigenvalue weighted by molar-refractivity contribution is 6.46. The van der Waals surface area contributed by atoms with Crippen molar-refractivity contribution in [3.05, 3.63) is 0 Å². The van der Waals surface area contributed by atoms with Gasteiger partial charge >= 0.3 is 28.2 Å². The molecule has 0 aliphatic rings. The van der Waals surface area contributed by atoms with E-state index in [9.17, 15) is 50.1 Å². The number of aliphatic hydroxyl groups is 5. The van der Waals surface area contributed by atoms with E-state index in [1.54, 1.807) is 13.6 Å². The lowest BCUT2D eigenvalue weighted by atomic mass is 9.80. The Balaban J connectivity index is 4.12. The van der Waals surface area contributed by atoms with Gasteiger partial charge in [0.2, 0.25) is 5.91 Å². The summed E-state index contributed by atoms with van der Waals surface area (Å²) in [6, 6.07) is 0. The normalized spacial score (nSPS) is 13.6. The molecule has 13 N–H and O–H groups in total. The molecule has 0 aliphatic heterocycles. The standard InChI is InChI=1S/C45H98B4N6O11/c1-46(63)52-32-24-26-34-54(48(3)65)36-39(37-55(49(4)66)35-27-25-33-53-47(2)64)28-20-17-19-22-30-50-41(58)29-21-16-14-12-10-8-6-5-7-9-11-13-15-18-23-31-51-45(62)44(61)43(60)42(59)40(57)38-56/h39-40,42-44,52-53,56-57,59-61,63-66H,5-38H2,1-4H3,(H,50,58)(H,51,62)/t40-,42-,43+,44-/m1/s1. The van der Waals surface area contributed by atoms with Crippen LogP contribution in [0.3, 0.4) is 0 Å². The second-order valence-corrected chi connectivity index (χ2v) is 18.9. The van der Waals surface area contributed by atoms with E-state index in [2.05, 4.69) is 30.7 Å². The number of unbranched alkanes of at least 4 members (excludes halogenated alkanes) is 19. The van der Waals surface area contributed by atoms with E-state index in [1.807, 2.05) is 13.6 Å². The lowest BCUT2D eigenvalue weighted by molar-refractivity contribution is -0.148. The lowest BCUT2D eigenvalue weighted by Crippen LogP contribution is -2.51. The van der Waals surface area contributed by atoms with Gasteiger partial charge in [-0.25, -0.2) is 0 Å². The average molecular weight is 943 g/mol. The number of nitrogens with one attached hydrogen (secondary N) is 4. The molecule has 0 aromatic carbocycles. The molecule has 2 amide bonds. The molecule has 0 spiro atoms. The van der Waals surface area contributed by atoms with Crippen molar-refractivity contribution < 1.29 is 55.2 Å². The van der Waals surface area contributed by atoms with Crippen molar-refractivity contribution in [2.45, 2.75) is 212 Å². The van der Waals surface area contributed by atoms with Crippen molar-refractivity contribution in [2.24, 2.45) is 5.92 Å². The molecule has 0 fully saturated rings. The summed E-state index contributed by atoms with van der Waals surface area (Å²) >= 11 is 0. The van der Waals surface area contributed by atoms with E-state index in [-0.39, 0.29) is 11.8 Å². The van der Waals surface area contributed by atoms with E-state index in [0.29, 0.717) is 19.5 Å². The van der Waals surface area contributed by atoms with Gasteiger partial charge in [0, 0.05) is 19.5 Å². The van der Waals surface area contributed by atoms with Gasteiger partial charge in [0.05, 0.1) is 6.61 Å². The topological polar surface area (TPSA) is 271 Å². The SMILES string of the molecule is CB(O)NCCCCN(CC(CCCCCCNC(=O)CCCCCCCCCCCCCCCCCNC(=O)[C@H](O)[C@@H](O)[C@H](O)[C@H](O)CO)CN(CCCCNB(C)O)B(C)O)B(C)O. The zero-order chi connectivity index (χ0) is 49.4. The van der Waals surface area contributed by atoms with Crippen LogP contribution in [-0.2, 0) is 9.59 Å². The Morgan fingerprint density at radius 3 is 1.27 bits per heavy atom. The fourth-order valence-corrected chi connectivity index (χ4v) is 8.20. The van der Waals surface area contributed by atoms with Crippen LogP contribution in [-0.4, -0.2) is 179 Å². The number of carbonyl (C=O) groups is 2. The molecular formula is C45H98B4N6O11. The second kappa shape index (κ2) is 43.7. The smallest absolute Gasteiger partial charge is 0.376 e. The zero-order valence-corrected chi connectivity index (χ0v) is 42.0. The minimum Gasteiger partial charge on any atom is -0.437 e. The molecule has 4 atom stereocenters. The summed E-state index contributed by atoms with van der Waals surface area (Å²) in [5, 5.41) is 99.5. The Morgan fingerprint density at radius 2 is 0.864 bits per heavy atom. The molecule has 0 radical (unpaired) electrons. The number of hydrogen-bond donors (Lipinski definition) is 13. The van der Waals surface area contributed by atoms with Crippen molar-refractivity contribution in [2.75, 3.05) is 59.0 Å². The van der Waals surface area contributed by atoms with Gasteiger partial charge in [-0.1, -0.05) is 103 Å². The maximum Gasteiger partial charge on any atom is 0.376 e. The van der Waals surface area contributed by atoms with Crippen LogP contribution in [0, 0.1) is 5.92 Å². The highest BCUT2D eigenvalue weighted by Crippen LogP contribution is 2.18. The molecular weight excluding hydrogens is 844 g/mol. The van der Waals surface area contributed by atoms with Crippen LogP contribution >= 0.6 is 0 Å². The third-order valence-corrected chi connectivity index (χ3v) is 12.4. The van der Waals surface area contributed by atoms with Crippen LogP contribution < -0.4 is 21.1 Å². The maximum atomic E-state index is 12.4. The number of amides is 2. The second-order valence-electron chi connectivity index (χ2n) is 18.9. The Labute approximate surface area is 402 Å². The highest BCUT2D eigenvalue weighted by Gasteiger charge is 2.34. The van der Waals surface area contributed by atoms with Crippen LogP contribution in [0.4, 0.5) is 0 Å². The van der Waals surface area contributed by atoms with Gasteiger partial charge in [0.25, 0.3) is 5.91 Å². The van der Waals surface area contributed by atoms with Gasteiger partial charge in [-0.2, -0.15) is 0 Å². The van der Waals surface area contributed by atoms with Crippen LogP contribution in [0.2, 0.25) is 27.3 Å². The summed E-state index contributed by atoms with van der Waals surface area (Å²) < 4.78 is 0. The van der Waals surface area contributed by atoms with Gasteiger partial charge in [-0.05, 0) is 124 Å². The summed E-state index contributed by atoms with van der Waals surface area (Å²) in [5.74, 6) is -0.400. The van der Waals surface area contributed by atoms with E-state index in [0.717, 1.165) is 136 Å². The van der Waals surface area contributed by atoms with Gasteiger partial charge in [0.1, 0.15) is 18.3 Å². The van der Waals surface area contributed by atoms with E-state index in [1.165, 1.54) is 57.8 Å². The van der Waals surface area contributed by atoms with E-state index >= 15 is 0 Å². The van der Waals surface area contributed by atoms with Crippen LogP contribution in [0.15, 0.2) is 0 Å². The van der Waals surface area contributed by atoms with Gasteiger partial charge in [0.15, 0.2) is 6.10 Å². The lowest BCUT2D eigenvalue weighted by Gasteiger charge is -2.33. The maximum absolute atomic E-state index is 12.4. The van der Waals surface area contributed by atoms with Crippen molar-refractivity contribution >= 4 is 40.0 Å². The Kier molecular flexibility index (Phi) is 42.8. The van der Waals surface area contributed by atoms with Gasteiger partial charge < -0.3 is 76.3 Å². The summed E-state index contributed by atoms with van der Waals surface area (Å²) in [4.78, 5) is 28.7. The largest absolute Gasteiger partial charge is 0.437 e. The quantitative estimate of drug-likeness (QED) is 0.0308. The number of aliphatic hydroxyl groups excluding tert-OH is 5. The first-order valence-electron chi connectivity index (χ1n) is 26.1. The minimum atomic E-state index is -1.89. The summed E-state index contributed by atoms with van der Waals surface area (Å²) in [7, 11) is -2.21. The number of rotatable bonds is 48. The summed E-state index contributed by atoms with van der Waals surface area (Å²) in [6.07, 6.45) is 19.0. The molecule has 17 nitrogen and oxygen atoms in total. The molecule has 0 bridgehead atoms. The molecule has 66 heavy (non-hydrogen) atoms. The molecule has 0 saturated carbocycles. The Hall–Kier alpha value is -1.32. The van der Waals surface area contributed by atoms with Crippen LogP contribution in [0.1, 0.15) is 161 Å². The van der Waals surface area contributed by atoms with Crippen molar-refractivity contribution in [3.8, 4) is 0 Å². The Morgan fingerprint density at radius 1 is 0.485 bits per heavy atom. The summed E-state index contributed by atoms with van der Waals surface area (Å²) in [5.41, 5.74) is 0. The van der Waals surface area contributed by atoms with Crippen molar-refractivity contribution in [3.63, 3.8) is 0 Å². The first-order chi connectivity index (χ1) is 31.6. The molecule has 0 heterocycles. The molecule has 0 aromatic heterocycles. The summed E-state index contributed by atoms with van der Waals surface area (Å²) in [6.45, 7) is 11.8. The molecule has 0 saturated heterocycles. The zero-order valence-electron chi connectivity index (χ0n) is 42.0. The average Bonchev–Trinajstić information content (AvgIpc) is 3.27.